The molecule has 5 nitrogen and oxygen atoms in total. The number of hydrogen-bond donors (Lipinski definition) is 0. The molecule has 2 saturated heterocycles. The van der Waals surface area contributed by atoms with Crippen LogP contribution in [0.1, 0.15) is 13.8 Å². The first-order chi connectivity index (χ1) is 11.8. The van der Waals surface area contributed by atoms with E-state index in [1.54, 1.807) is 37.3 Å². The molecular formula is C18H19ClNO4P. The molecule has 2 fully saturated rings. The highest BCUT2D eigenvalue weighted by Gasteiger charge is 2.69. The van der Waals surface area contributed by atoms with Gasteiger partial charge >= 0.3 is 0 Å². The molecule has 5 rings (SSSR count). The lowest BCUT2D eigenvalue weighted by Crippen LogP contribution is -2.52. The minimum atomic E-state index is -3.09. The highest BCUT2D eigenvalue weighted by molar-refractivity contribution is 7.60. The maximum atomic E-state index is 13.4. The number of allylic oxidation sites excluding steroid dienone is 2. The van der Waals surface area contributed by atoms with E-state index in [-0.39, 0.29) is 18.0 Å². The van der Waals surface area contributed by atoms with Crippen LogP contribution < -0.4 is 4.90 Å². The van der Waals surface area contributed by atoms with Gasteiger partial charge in [0.15, 0.2) is 0 Å². The second-order valence-corrected chi connectivity index (χ2v) is 10.1. The summed E-state index contributed by atoms with van der Waals surface area (Å²) in [6, 6.07) is 8.85. The number of carbonyl (C=O) groups is 2. The van der Waals surface area contributed by atoms with Crippen LogP contribution >= 0.6 is 19.0 Å². The topological polar surface area (TPSA) is 63.7 Å². The third-order valence-electron chi connectivity index (χ3n) is 5.63. The van der Waals surface area contributed by atoms with E-state index >= 15 is 0 Å². The zero-order chi connectivity index (χ0) is 18.0. The van der Waals surface area contributed by atoms with E-state index in [1.165, 1.54) is 4.90 Å². The maximum Gasteiger partial charge on any atom is 0.238 e. The number of para-hydroxylation sites is 1. The average Bonchev–Trinajstić information content (AvgIpc) is 2.83. The smallest absolute Gasteiger partial charge is 0.238 e. The number of nitrogens with zero attached hydrogens (tertiary/aromatic N) is 1. The zero-order valence-electron chi connectivity index (χ0n) is 14.0. The summed E-state index contributed by atoms with van der Waals surface area (Å²) in [7, 11) is -3.09. The van der Waals surface area contributed by atoms with E-state index in [2.05, 4.69) is 0 Å². The van der Waals surface area contributed by atoms with E-state index in [0.29, 0.717) is 17.3 Å². The fraction of sp³-hybridized carbons (Fsp3) is 0.444. The highest BCUT2D eigenvalue weighted by Crippen LogP contribution is 2.72. The van der Waals surface area contributed by atoms with Crippen LogP contribution in [0, 0.1) is 17.3 Å². The largest absolute Gasteiger partial charge is 0.328 e. The molecule has 1 aromatic carbocycles. The van der Waals surface area contributed by atoms with Crippen molar-refractivity contribution in [3.8, 4) is 0 Å². The third-order valence-corrected chi connectivity index (χ3v) is 9.36. The number of rotatable bonds is 3. The molecule has 3 aliphatic heterocycles. The Morgan fingerprint density at radius 3 is 2.60 bits per heavy atom. The van der Waals surface area contributed by atoms with Gasteiger partial charge in [0.25, 0.3) is 0 Å². The first-order valence-corrected chi connectivity index (χ1v) is 10.6. The second-order valence-electron chi connectivity index (χ2n) is 7.08. The third kappa shape index (κ3) is 2.16. The van der Waals surface area contributed by atoms with E-state index in [9.17, 15) is 14.2 Å². The molecule has 25 heavy (non-hydrogen) atoms. The van der Waals surface area contributed by atoms with Crippen molar-refractivity contribution >= 4 is 36.5 Å². The lowest BCUT2D eigenvalue weighted by atomic mass is 9.67. The van der Waals surface area contributed by atoms with Crippen molar-refractivity contribution in [2.24, 2.45) is 17.3 Å². The SMILES string of the molecule is CCOP1(=O)CC2(C)C(Cl)=CC1[C@H]1C(=O)N(c3ccccc3)C(=O)[C@H]12. The van der Waals surface area contributed by atoms with Crippen molar-refractivity contribution in [2.75, 3.05) is 17.7 Å². The molecule has 0 spiro atoms. The molecule has 0 radical (unpaired) electrons. The van der Waals surface area contributed by atoms with Gasteiger partial charge in [-0.25, -0.2) is 4.90 Å². The number of hydrogen-bond acceptors (Lipinski definition) is 4. The molecule has 7 heteroatoms. The molecule has 3 unspecified atom stereocenters. The predicted octanol–water partition coefficient (Wildman–Crippen LogP) is 3.63. The predicted molar refractivity (Wildman–Crippen MR) is 95.8 cm³/mol. The van der Waals surface area contributed by atoms with Gasteiger partial charge in [0.2, 0.25) is 19.2 Å². The number of halogens is 1. The molecule has 1 aromatic rings. The fourth-order valence-electron chi connectivity index (χ4n) is 4.57. The minimum absolute atomic E-state index is 0.205. The Balaban J connectivity index is 1.85. The van der Waals surface area contributed by atoms with Crippen LogP contribution in [-0.2, 0) is 18.7 Å². The molecule has 0 N–H and O–H groups in total. The van der Waals surface area contributed by atoms with Crippen molar-refractivity contribution in [3.63, 3.8) is 0 Å². The van der Waals surface area contributed by atoms with Crippen LogP contribution in [0.15, 0.2) is 41.4 Å². The van der Waals surface area contributed by atoms with E-state index < -0.39 is 30.3 Å². The van der Waals surface area contributed by atoms with Gasteiger partial charge in [0, 0.05) is 16.6 Å². The van der Waals surface area contributed by atoms with Crippen LogP contribution in [0.3, 0.4) is 0 Å². The molecule has 5 atom stereocenters. The van der Waals surface area contributed by atoms with Gasteiger partial charge in [0.05, 0.1) is 29.8 Å². The quantitative estimate of drug-likeness (QED) is 0.594. The van der Waals surface area contributed by atoms with Gasteiger partial charge in [-0.05, 0) is 19.1 Å². The normalized spacial score (nSPS) is 39.6. The summed E-state index contributed by atoms with van der Waals surface area (Å²) in [6.07, 6.45) is 1.90. The average molecular weight is 380 g/mol. The maximum absolute atomic E-state index is 13.4. The Hall–Kier alpha value is -1.42. The monoisotopic (exact) mass is 379 g/mol. The Morgan fingerprint density at radius 2 is 1.96 bits per heavy atom. The summed E-state index contributed by atoms with van der Waals surface area (Å²) in [5.41, 5.74) is -0.920. The summed E-state index contributed by atoms with van der Waals surface area (Å²) >= 11 is 6.46. The second kappa shape index (κ2) is 5.54. The Bertz CT molecular complexity index is 839. The van der Waals surface area contributed by atoms with E-state index in [0.717, 1.165) is 0 Å². The van der Waals surface area contributed by atoms with E-state index in [1.807, 2.05) is 13.0 Å². The van der Waals surface area contributed by atoms with Gasteiger partial charge in [-0.15, -0.1) is 0 Å². The first kappa shape index (κ1) is 17.0. The van der Waals surface area contributed by atoms with Crippen molar-refractivity contribution < 1.29 is 18.7 Å². The summed E-state index contributed by atoms with van der Waals surface area (Å²) in [5.74, 6) is -1.84. The number of imide groups is 1. The van der Waals surface area contributed by atoms with Gasteiger partial charge in [0.1, 0.15) is 0 Å². The summed E-state index contributed by atoms with van der Waals surface area (Å²) in [5, 5.41) is 0.515. The molecule has 132 valence electrons. The van der Waals surface area contributed by atoms with Gasteiger partial charge in [-0.2, -0.15) is 0 Å². The van der Waals surface area contributed by atoms with Crippen LogP contribution in [0.4, 0.5) is 5.69 Å². The highest BCUT2D eigenvalue weighted by atomic mass is 35.5. The van der Waals surface area contributed by atoms with Crippen molar-refractivity contribution in [3.05, 3.63) is 41.4 Å². The van der Waals surface area contributed by atoms with Crippen LogP contribution in [-0.4, -0.2) is 30.2 Å². The van der Waals surface area contributed by atoms with Crippen LogP contribution in [0.5, 0.6) is 0 Å². The molecule has 0 saturated carbocycles. The van der Waals surface area contributed by atoms with Crippen molar-refractivity contribution in [1.82, 2.24) is 0 Å². The van der Waals surface area contributed by atoms with Crippen molar-refractivity contribution in [2.45, 2.75) is 19.5 Å². The minimum Gasteiger partial charge on any atom is -0.328 e. The van der Waals surface area contributed by atoms with Gasteiger partial charge < -0.3 is 4.52 Å². The molecule has 4 aliphatic rings. The number of benzene rings is 1. The Labute approximate surface area is 151 Å². The van der Waals surface area contributed by atoms with Crippen LogP contribution in [0.2, 0.25) is 0 Å². The molecule has 3 heterocycles. The van der Waals surface area contributed by atoms with Crippen LogP contribution in [0.25, 0.3) is 0 Å². The molecule has 0 aromatic heterocycles. The molecular weight excluding hydrogens is 361 g/mol. The molecule has 2 bridgehead atoms. The number of amides is 2. The number of anilines is 1. The van der Waals surface area contributed by atoms with Gasteiger partial charge in [-0.3, -0.25) is 14.2 Å². The fourth-order valence-corrected chi connectivity index (χ4v) is 8.44. The molecule has 2 amide bonds. The van der Waals surface area contributed by atoms with Gasteiger partial charge in [-0.1, -0.05) is 42.8 Å². The Kier molecular flexibility index (Phi) is 3.77. The zero-order valence-corrected chi connectivity index (χ0v) is 15.7. The molecule has 1 aliphatic carbocycles. The van der Waals surface area contributed by atoms with E-state index in [4.69, 9.17) is 16.1 Å². The lowest BCUT2D eigenvalue weighted by Gasteiger charge is -2.51. The summed E-state index contributed by atoms with van der Waals surface area (Å²) < 4.78 is 19.0. The van der Waals surface area contributed by atoms with Crippen molar-refractivity contribution in [1.29, 1.82) is 0 Å². The number of fused-ring (bicyclic) bond motifs is 1. The first-order valence-electron chi connectivity index (χ1n) is 8.37. The lowest BCUT2D eigenvalue weighted by molar-refractivity contribution is -0.124. The summed E-state index contributed by atoms with van der Waals surface area (Å²) in [6.45, 7) is 3.91. The number of carbonyl (C=O) groups excluding carboxylic acids is 2. The summed E-state index contributed by atoms with van der Waals surface area (Å²) in [4.78, 5) is 27.5. The Morgan fingerprint density at radius 1 is 1.28 bits per heavy atom. The standard InChI is InChI=1S/C18H19ClNO4P/c1-3-24-25(23)10-18(2)13(19)9-12(25)14-15(18)17(22)20(16(14)21)11-7-5-4-6-8-11/h4-9,12,14-15H,3,10H2,1-2H3/t12?,14-,15+,18?,25?/m1/s1.